The number of amides is 2. The highest BCUT2D eigenvalue weighted by molar-refractivity contribution is 7.89. The summed E-state index contributed by atoms with van der Waals surface area (Å²) in [6, 6.07) is 6.22. The Bertz CT molecular complexity index is 1620. The van der Waals surface area contributed by atoms with Crippen molar-refractivity contribution in [3.8, 4) is 6.07 Å². The van der Waals surface area contributed by atoms with Gasteiger partial charge in [0.2, 0.25) is 5.91 Å². The van der Waals surface area contributed by atoms with E-state index in [0.29, 0.717) is 40.2 Å². The van der Waals surface area contributed by atoms with Gasteiger partial charge in [-0.05, 0) is 25.2 Å². The number of carbonyl (C=O) groups excluding carboxylic acids is 2. The molecule has 1 fully saturated rings. The maximum atomic E-state index is 13.9. The van der Waals surface area contributed by atoms with E-state index in [0.717, 1.165) is 12.2 Å². The molecule has 0 aliphatic carbocycles. The number of carbonyl (C=O) groups is 2. The molecule has 5 rings (SSSR count). The molecule has 0 bridgehead atoms. The maximum absolute atomic E-state index is 13.9. The van der Waals surface area contributed by atoms with Crippen molar-refractivity contribution >= 4 is 44.3 Å². The number of hydrogen-bond donors (Lipinski definition) is 1. The number of sulfonamides is 1. The molecule has 1 unspecified atom stereocenters. The van der Waals surface area contributed by atoms with Crippen LogP contribution in [-0.4, -0.2) is 103 Å². The van der Waals surface area contributed by atoms with E-state index < -0.39 is 22.0 Å². The number of oxazole rings is 1. The van der Waals surface area contributed by atoms with E-state index in [2.05, 4.69) is 14.9 Å². The van der Waals surface area contributed by atoms with Crippen LogP contribution in [0.2, 0.25) is 5.02 Å². The number of nitrogens with one attached hydrogen (secondary N) is 1. The smallest absolute Gasteiger partial charge is 0.310 e. The summed E-state index contributed by atoms with van der Waals surface area (Å²) in [7, 11) is 1.04. The number of piperazine rings is 1. The number of hydrogen-bond acceptors (Lipinski definition) is 8. The number of halogens is 1. The summed E-state index contributed by atoms with van der Waals surface area (Å²) in [5, 5.41) is 10.3. The Morgan fingerprint density at radius 1 is 1.27 bits per heavy atom. The third-order valence-corrected chi connectivity index (χ3v) is 9.51. The molecule has 2 aromatic heterocycles. The van der Waals surface area contributed by atoms with Gasteiger partial charge in [-0.3, -0.25) is 14.5 Å². The summed E-state index contributed by atoms with van der Waals surface area (Å²) >= 11 is 6.15. The van der Waals surface area contributed by atoms with Crippen molar-refractivity contribution in [1.82, 2.24) is 29.0 Å². The van der Waals surface area contributed by atoms with Crippen molar-refractivity contribution in [3.05, 3.63) is 46.1 Å². The van der Waals surface area contributed by atoms with Crippen molar-refractivity contribution in [2.24, 2.45) is 0 Å². The molecular weight excluding hydrogens is 558 g/mol. The number of nitrogens with zero attached hydrogens (tertiary/aromatic N) is 6. The van der Waals surface area contributed by atoms with Gasteiger partial charge in [-0.1, -0.05) is 11.6 Å². The van der Waals surface area contributed by atoms with Crippen LogP contribution in [0.25, 0.3) is 10.9 Å². The summed E-state index contributed by atoms with van der Waals surface area (Å²) in [6.07, 6.45) is 0.444. The Morgan fingerprint density at radius 2 is 2.05 bits per heavy atom. The number of likely N-dealkylation sites (N-methyl/N-ethyl adjacent to an activating group) is 1. The predicted molar refractivity (Wildman–Crippen MR) is 146 cm³/mol. The average Bonchev–Trinajstić information content (AvgIpc) is 3.50. The number of aromatic amines is 1. The van der Waals surface area contributed by atoms with Crippen LogP contribution in [0.4, 0.5) is 0 Å². The fraction of sp³-hybridized carbons (Fsp3) is 0.462. The van der Waals surface area contributed by atoms with Gasteiger partial charge >= 0.3 is 5.91 Å². The summed E-state index contributed by atoms with van der Waals surface area (Å²) in [5.41, 5.74) is 1.61. The Balaban J connectivity index is 1.46. The van der Waals surface area contributed by atoms with Gasteiger partial charge in [-0.15, -0.1) is 0 Å². The van der Waals surface area contributed by atoms with Crippen LogP contribution in [0.1, 0.15) is 34.1 Å². The molecule has 212 valence electrons. The third kappa shape index (κ3) is 5.19. The largest absolute Gasteiger partial charge is 0.436 e. The lowest BCUT2D eigenvalue weighted by Gasteiger charge is -2.40. The first-order chi connectivity index (χ1) is 19.0. The van der Waals surface area contributed by atoms with Crippen molar-refractivity contribution in [1.29, 1.82) is 5.26 Å². The molecule has 1 saturated heterocycles. The minimum atomic E-state index is -4.12. The van der Waals surface area contributed by atoms with Crippen LogP contribution in [0.15, 0.2) is 27.6 Å². The van der Waals surface area contributed by atoms with Crippen LogP contribution in [0.5, 0.6) is 0 Å². The Labute approximate surface area is 237 Å². The second-order valence-corrected chi connectivity index (χ2v) is 12.7. The van der Waals surface area contributed by atoms with Crippen molar-refractivity contribution in [2.75, 3.05) is 47.3 Å². The lowest BCUT2D eigenvalue weighted by molar-refractivity contribution is -0.130. The van der Waals surface area contributed by atoms with Gasteiger partial charge in [0.1, 0.15) is 5.76 Å². The van der Waals surface area contributed by atoms with Crippen LogP contribution in [-0.2, 0) is 34.2 Å². The standard InChI is InChI=1S/C26H30ClN7O5S/c1-31(2)23(35)13-17-14-33(10-11-34(17)26(36)24-29-21-7-9-32(3)15-22(21)39-24)40(37,38)25-18(6-8-28)19-12-16(27)4-5-20(19)30-25/h4-5,12,17,30H,6-7,9-11,13-15H2,1-3H3. The molecule has 4 heterocycles. The summed E-state index contributed by atoms with van der Waals surface area (Å²) < 4.78 is 34.9. The molecule has 1 N–H and O–H groups in total. The van der Waals surface area contributed by atoms with Gasteiger partial charge in [0, 0.05) is 74.6 Å². The minimum Gasteiger partial charge on any atom is -0.436 e. The number of nitriles is 1. The van der Waals surface area contributed by atoms with Gasteiger partial charge in [0.05, 0.1) is 30.8 Å². The predicted octanol–water partition coefficient (Wildman–Crippen LogP) is 1.86. The van der Waals surface area contributed by atoms with Gasteiger partial charge in [-0.25, -0.2) is 13.4 Å². The van der Waals surface area contributed by atoms with Gasteiger partial charge in [0.25, 0.3) is 15.9 Å². The van der Waals surface area contributed by atoms with Gasteiger partial charge in [-0.2, -0.15) is 9.57 Å². The number of H-pyrrole nitrogens is 1. The lowest BCUT2D eigenvalue weighted by Crippen LogP contribution is -2.57. The zero-order valence-corrected chi connectivity index (χ0v) is 24.0. The zero-order chi connectivity index (χ0) is 28.8. The highest BCUT2D eigenvalue weighted by Gasteiger charge is 2.41. The van der Waals surface area contributed by atoms with Crippen LogP contribution >= 0.6 is 11.6 Å². The van der Waals surface area contributed by atoms with Crippen molar-refractivity contribution < 1.29 is 22.4 Å². The quantitative estimate of drug-likeness (QED) is 0.460. The fourth-order valence-corrected chi connectivity index (χ4v) is 7.06. The number of aromatic nitrogens is 2. The van der Waals surface area contributed by atoms with Crippen LogP contribution in [0.3, 0.4) is 0 Å². The molecule has 2 aliphatic rings. The van der Waals surface area contributed by atoms with E-state index in [-0.39, 0.29) is 49.3 Å². The molecule has 40 heavy (non-hydrogen) atoms. The summed E-state index contributed by atoms with van der Waals surface area (Å²) in [5.74, 6) is -0.136. The molecule has 1 aromatic carbocycles. The molecule has 2 aliphatic heterocycles. The molecule has 12 nitrogen and oxygen atoms in total. The number of benzene rings is 1. The molecule has 0 saturated carbocycles. The molecule has 14 heteroatoms. The molecule has 1 atom stereocenters. The van der Waals surface area contributed by atoms with Crippen molar-refractivity contribution in [2.45, 2.75) is 36.9 Å². The SMILES string of the molecule is CN1CCc2nc(C(=O)N3CCN(S(=O)(=O)c4[nH]c5ccc(Cl)cc5c4CC#N)CC3CC(=O)N(C)C)oc2C1. The summed E-state index contributed by atoms with van der Waals surface area (Å²) in [6.45, 7) is 1.27. The lowest BCUT2D eigenvalue weighted by atomic mass is 10.1. The second-order valence-electron chi connectivity index (χ2n) is 10.3. The van der Waals surface area contributed by atoms with E-state index in [1.165, 1.54) is 14.1 Å². The zero-order valence-electron chi connectivity index (χ0n) is 22.5. The third-order valence-electron chi connectivity index (χ3n) is 7.40. The van der Waals surface area contributed by atoms with Crippen LogP contribution in [0, 0.1) is 11.3 Å². The highest BCUT2D eigenvalue weighted by atomic mass is 35.5. The highest BCUT2D eigenvalue weighted by Crippen LogP contribution is 2.32. The van der Waals surface area contributed by atoms with E-state index in [1.807, 2.05) is 13.1 Å². The first-order valence-electron chi connectivity index (χ1n) is 12.8. The van der Waals surface area contributed by atoms with Crippen LogP contribution < -0.4 is 0 Å². The maximum Gasteiger partial charge on any atom is 0.310 e. The van der Waals surface area contributed by atoms with E-state index in [1.54, 1.807) is 32.3 Å². The van der Waals surface area contributed by atoms with Crippen molar-refractivity contribution in [3.63, 3.8) is 0 Å². The minimum absolute atomic E-state index is 0.00793. The first-order valence-corrected chi connectivity index (χ1v) is 14.7. The number of rotatable bonds is 6. The number of fused-ring (bicyclic) bond motifs is 2. The molecule has 3 aromatic rings. The Hall–Kier alpha value is -3.44. The second kappa shape index (κ2) is 10.9. The fourth-order valence-electron chi connectivity index (χ4n) is 5.21. The van der Waals surface area contributed by atoms with E-state index >= 15 is 0 Å². The normalized spacial score (nSPS) is 18.5. The van der Waals surface area contributed by atoms with Gasteiger partial charge < -0.3 is 19.2 Å². The molecular formula is C26H30ClN7O5S. The van der Waals surface area contributed by atoms with Gasteiger partial charge in [0.15, 0.2) is 5.03 Å². The topological polar surface area (TPSA) is 147 Å². The Morgan fingerprint density at radius 3 is 2.77 bits per heavy atom. The van der Waals surface area contributed by atoms with E-state index in [4.69, 9.17) is 16.0 Å². The molecule has 2 amide bonds. The monoisotopic (exact) mass is 587 g/mol. The first kappa shape index (κ1) is 28.1. The molecule has 0 spiro atoms. The Kier molecular flexibility index (Phi) is 7.62. The van der Waals surface area contributed by atoms with E-state index in [9.17, 15) is 23.3 Å². The summed E-state index contributed by atoms with van der Waals surface area (Å²) in [4.78, 5) is 38.7. The molecule has 0 radical (unpaired) electrons. The average molecular weight is 588 g/mol.